The Morgan fingerprint density at radius 2 is 2.04 bits per heavy atom. The van der Waals surface area contributed by atoms with Gasteiger partial charge in [-0.15, -0.1) is 0 Å². The van der Waals surface area contributed by atoms with Crippen molar-refractivity contribution in [3.8, 4) is 0 Å². The lowest BCUT2D eigenvalue weighted by Crippen LogP contribution is -2.48. The molecule has 0 saturated heterocycles. The molecule has 1 aliphatic heterocycles. The van der Waals surface area contributed by atoms with Crippen LogP contribution in [-0.4, -0.2) is 30.1 Å². The number of rotatable bonds is 4. The van der Waals surface area contributed by atoms with E-state index in [1.165, 1.54) is 11.0 Å². The first kappa shape index (κ1) is 16.9. The van der Waals surface area contributed by atoms with Crippen LogP contribution >= 0.6 is 0 Å². The number of allylic oxidation sites excluding steroid dienone is 1. The van der Waals surface area contributed by atoms with Gasteiger partial charge in [0.1, 0.15) is 11.6 Å². The van der Waals surface area contributed by atoms with Crippen molar-refractivity contribution in [1.82, 2.24) is 10.2 Å². The number of benzene rings is 1. The smallest absolute Gasteiger partial charge is 0.338 e. The number of hydrogen-bond donors (Lipinski definition) is 1. The molecule has 2 rings (SSSR count). The van der Waals surface area contributed by atoms with Crippen LogP contribution < -0.4 is 5.32 Å². The average molecular weight is 324 g/mol. The molecule has 0 aromatic heterocycles. The molecule has 1 aromatic carbocycles. The molecular weight excluding hydrogens is 306 g/mol. The van der Waals surface area contributed by atoms with Crippen LogP contribution in [0, 0.1) is 11.6 Å². The minimum Gasteiger partial charge on any atom is -0.463 e. The quantitative estimate of drug-likeness (QED) is 0.867. The standard InChI is InChI=1S/C16H18F2N2O3/c1-4-20-9(3)13(15(21)23-5-2)14(19-16(20)22)11-7-6-10(17)8-12(11)18/h6-8,14H,4-5H2,1-3H3,(H,19,22)/t14-/m1/s1. The van der Waals surface area contributed by atoms with Crippen LogP contribution in [0.2, 0.25) is 0 Å². The van der Waals surface area contributed by atoms with Gasteiger partial charge in [-0.05, 0) is 26.8 Å². The van der Waals surface area contributed by atoms with Crippen LogP contribution in [0.4, 0.5) is 13.6 Å². The van der Waals surface area contributed by atoms with Gasteiger partial charge in [-0.3, -0.25) is 4.90 Å². The number of nitrogens with one attached hydrogen (secondary N) is 1. The van der Waals surface area contributed by atoms with Crippen LogP contribution in [0.25, 0.3) is 0 Å². The highest BCUT2D eigenvalue weighted by Gasteiger charge is 2.37. The van der Waals surface area contributed by atoms with Crippen molar-refractivity contribution in [2.75, 3.05) is 13.2 Å². The molecular formula is C16H18F2N2O3. The largest absolute Gasteiger partial charge is 0.463 e. The van der Waals surface area contributed by atoms with Gasteiger partial charge in [-0.25, -0.2) is 18.4 Å². The molecule has 0 fully saturated rings. The second kappa shape index (κ2) is 6.76. The van der Waals surface area contributed by atoms with Crippen LogP contribution in [0.3, 0.4) is 0 Å². The summed E-state index contributed by atoms with van der Waals surface area (Å²) in [5, 5.41) is 2.58. The number of carbonyl (C=O) groups excluding carboxylic acids is 2. The minimum atomic E-state index is -1.02. The van der Waals surface area contributed by atoms with Crippen molar-refractivity contribution in [1.29, 1.82) is 0 Å². The summed E-state index contributed by atoms with van der Waals surface area (Å²) < 4.78 is 32.3. The SMILES string of the molecule is CCOC(=O)C1=C(C)N(CC)C(=O)N[C@@H]1c1ccc(F)cc1F. The van der Waals surface area contributed by atoms with Crippen molar-refractivity contribution in [2.45, 2.75) is 26.8 Å². The van der Waals surface area contributed by atoms with E-state index in [9.17, 15) is 18.4 Å². The zero-order chi connectivity index (χ0) is 17.1. The van der Waals surface area contributed by atoms with Crippen LogP contribution in [-0.2, 0) is 9.53 Å². The summed E-state index contributed by atoms with van der Waals surface area (Å²) in [4.78, 5) is 25.8. The first-order chi connectivity index (χ1) is 10.9. The number of hydrogen-bond acceptors (Lipinski definition) is 3. The summed E-state index contributed by atoms with van der Waals surface area (Å²) in [5.74, 6) is -2.21. The Hall–Kier alpha value is -2.44. The summed E-state index contributed by atoms with van der Waals surface area (Å²) >= 11 is 0. The molecule has 0 aliphatic carbocycles. The van der Waals surface area contributed by atoms with Gasteiger partial charge in [0.05, 0.1) is 18.2 Å². The van der Waals surface area contributed by atoms with Gasteiger partial charge >= 0.3 is 12.0 Å². The monoisotopic (exact) mass is 324 g/mol. The number of carbonyl (C=O) groups is 2. The molecule has 2 amide bonds. The fourth-order valence-corrected chi connectivity index (χ4v) is 2.60. The van der Waals surface area contributed by atoms with Crippen molar-refractivity contribution in [3.63, 3.8) is 0 Å². The lowest BCUT2D eigenvalue weighted by molar-refractivity contribution is -0.139. The van der Waals surface area contributed by atoms with Crippen molar-refractivity contribution >= 4 is 12.0 Å². The van der Waals surface area contributed by atoms with E-state index in [0.29, 0.717) is 18.3 Å². The van der Waals surface area contributed by atoms with E-state index >= 15 is 0 Å². The third-order valence-corrected chi connectivity index (χ3v) is 3.68. The molecule has 0 bridgehead atoms. The van der Waals surface area contributed by atoms with E-state index in [-0.39, 0.29) is 17.7 Å². The van der Waals surface area contributed by atoms with Crippen molar-refractivity contribution < 1.29 is 23.1 Å². The number of ether oxygens (including phenoxy) is 1. The zero-order valence-electron chi connectivity index (χ0n) is 13.2. The van der Waals surface area contributed by atoms with E-state index in [1.807, 2.05) is 0 Å². The Labute approximate surface area is 132 Å². The molecule has 124 valence electrons. The van der Waals surface area contributed by atoms with E-state index in [4.69, 9.17) is 4.74 Å². The Morgan fingerprint density at radius 1 is 1.35 bits per heavy atom. The highest BCUT2D eigenvalue weighted by molar-refractivity contribution is 5.95. The van der Waals surface area contributed by atoms with Gasteiger partial charge in [0.15, 0.2) is 0 Å². The van der Waals surface area contributed by atoms with Gasteiger partial charge in [0.2, 0.25) is 0 Å². The summed E-state index contributed by atoms with van der Waals surface area (Å²) in [7, 11) is 0. The first-order valence-corrected chi connectivity index (χ1v) is 7.31. The zero-order valence-corrected chi connectivity index (χ0v) is 13.2. The van der Waals surface area contributed by atoms with E-state index in [0.717, 1.165) is 6.07 Å². The van der Waals surface area contributed by atoms with Crippen LogP contribution in [0.15, 0.2) is 29.5 Å². The number of nitrogens with zero attached hydrogens (tertiary/aromatic N) is 1. The molecule has 0 radical (unpaired) electrons. The third-order valence-electron chi connectivity index (χ3n) is 3.68. The third kappa shape index (κ3) is 3.18. The molecule has 0 unspecified atom stereocenters. The van der Waals surface area contributed by atoms with Gasteiger partial charge in [-0.1, -0.05) is 6.07 Å². The predicted molar refractivity (Wildman–Crippen MR) is 79.3 cm³/mol. The van der Waals surface area contributed by atoms with E-state index < -0.39 is 29.7 Å². The Bertz CT molecular complexity index is 673. The minimum absolute atomic E-state index is 0.0120. The highest BCUT2D eigenvalue weighted by Crippen LogP contribution is 2.32. The molecule has 7 heteroatoms. The van der Waals surface area contributed by atoms with Crippen molar-refractivity contribution in [2.24, 2.45) is 0 Å². The van der Waals surface area contributed by atoms with Gasteiger partial charge in [-0.2, -0.15) is 0 Å². The van der Waals surface area contributed by atoms with E-state index in [1.54, 1.807) is 20.8 Å². The number of esters is 1. The molecule has 1 aromatic rings. The highest BCUT2D eigenvalue weighted by atomic mass is 19.1. The number of urea groups is 1. The molecule has 0 saturated carbocycles. The average Bonchev–Trinajstić information content (AvgIpc) is 2.47. The topological polar surface area (TPSA) is 58.6 Å². The van der Waals surface area contributed by atoms with E-state index in [2.05, 4.69) is 5.32 Å². The summed E-state index contributed by atoms with van der Waals surface area (Å²) in [6.07, 6.45) is 0. The summed E-state index contributed by atoms with van der Waals surface area (Å²) in [5.41, 5.74) is 0.542. The maximum absolute atomic E-state index is 14.1. The first-order valence-electron chi connectivity index (χ1n) is 7.31. The molecule has 0 spiro atoms. The van der Waals surface area contributed by atoms with Gasteiger partial charge in [0, 0.05) is 23.9 Å². The number of amides is 2. The molecule has 23 heavy (non-hydrogen) atoms. The molecule has 1 heterocycles. The number of halogens is 2. The van der Waals surface area contributed by atoms with Gasteiger partial charge in [0.25, 0.3) is 0 Å². The lowest BCUT2D eigenvalue weighted by atomic mass is 9.94. The fourth-order valence-electron chi connectivity index (χ4n) is 2.60. The summed E-state index contributed by atoms with van der Waals surface area (Å²) in [6.45, 7) is 5.50. The van der Waals surface area contributed by atoms with Crippen LogP contribution in [0.5, 0.6) is 0 Å². The Morgan fingerprint density at radius 3 is 2.61 bits per heavy atom. The molecule has 1 atom stereocenters. The summed E-state index contributed by atoms with van der Waals surface area (Å²) in [6, 6.07) is 1.53. The molecule has 5 nitrogen and oxygen atoms in total. The maximum Gasteiger partial charge on any atom is 0.338 e. The Kier molecular flexibility index (Phi) is 4.98. The van der Waals surface area contributed by atoms with Crippen LogP contribution in [0.1, 0.15) is 32.4 Å². The van der Waals surface area contributed by atoms with Gasteiger partial charge < -0.3 is 10.1 Å². The lowest BCUT2D eigenvalue weighted by Gasteiger charge is -2.34. The second-order valence-corrected chi connectivity index (χ2v) is 5.01. The molecule has 1 N–H and O–H groups in total. The maximum atomic E-state index is 14.1. The normalized spacial score (nSPS) is 18.0. The fraction of sp³-hybridized carbons (Fsp3) is 0.375. The molecule has 1 aliphatic rings. The predicted octanol–water partition coefficient (Wildman–Crippen LogP) is 2.89. The van der Waals surface area contributed by atoms with Crippen molar-refractivity contribution in [3.05, 3.63) is 46.7 Å². The Balaban J connectivity index is 2.57. The second-order valence-electron chi connectivity index (χ2n) is 5.01.